The van der Waals surface area contributed by atoms with Crippen molar-refractivity contribution in [2.24, 2.45) is 0 Å². The molecule has 0 aliphatic heterocycles. The van der Waals surface area contributed by atoms with Gasteiger partial charge in [-0.25, -0.2) is 0 Å². The smallest absolute Gasteiger partial charge is 0.222 e. The Bertz CT molecular complexity index is 563. The molecular weight excluding hydrogens is 236 g/mol. The van der Waals surface area contributed by atoms with E-state index in [-0.39, 0.29) is 0 Å². The predicted octanol–water partition coefficient (Wildman–Crippen LogP) is 3.46. The van der Waals surface area contributed by atoms with Crippen molar-refractivity contribution in [3.63, 3.8) is 0 Å². The van der Waals surface area contributed by atoms with Crippen molar-refractivity contribution in [3.8, 4) is 11.3 Å². The lowest BCUT2D eigenvalue weighted by Crippen LogP contribution is -2.03. The molecule has 1 heterocycles. The molecule has 3 rings (SSSR count). The SMILES string of the molecule is Nc1cc(-c2cc(Cl)c3c(c2)CCCC3)no1. The molecule has 4 heteroatoms. The van der Waals surface area contributed by atoms with E-state index in [0.717, 1.165) is 29.1 Å². The Balaban J connectivity index is 2.10. The molecule has 1 aliphatic carbocycles. The zero-order valence-corrected chi connectivity index (χ0v) is 10.1. The van der Waals surface area contributed by atoms with Gasteiger partial charge in [-0.1, -0.05) is 16.8 Å². The fourth-order valence-electron chi connectivity index (χ4n) is 2.39. The summed E-state index contributed by atoms with van der Waals surface area (Å²) in [6.45, 7) is 0. The van der Waals surface area contributed by atoms with Gasteiger partial charge in [0.15, 0.2) is 0 Å². The maximum absolute atomic E-state index is 6.31. The van der Waals surface area contributed by atoms with Crippen LogP contribution in [0.4, 0.5) is 5.88 Å². The summed E-state index contributed by atoms with van der Waals surface area (Å²) in [5.41, 5.74) is 9.88. The molecule has 0 unspecified atom stereocenters. The highest BCUT2D eigenvalue weighted by atomic mass is 35.5. The monoisotopic (exact) mass is 248 g/mol. The van der Waals surface area contributed by atoms with Crippen LogP contribution in [0.15, 0.2) is 22.7 Å². The van der Waals surface area contributed by atoms with Crippen LogP contribution in [0.2, 0.25) is 5.02 Å². The molecule has 3 nitrogen and oxygen atoms in total. The quantitative estimate of drug-likeness (QED) is 0.841. The summed E-state index contributed by atoms with van der Waals surface area (Å²) in [6, 6.07) is 5.82. The van der Waals surface area contributed by atoms with Crippen molar-refractivity contribution in [2.45, 2.75) is 25.7 Å². The summed E-state index contributed by atoms with van der Waals surface area (Å²) in [5.74, 6) is 0.328. The van der Waals surface area contributed by atoms with Gasteiger partial charge in [0.25, 0.3) is 0 Å². The van der Waals surface area contributed by atoms with Gasteiger partial charge in [0.05, 0.1) is 0 Å². The number of aromatic nitrogens is 1. The van der Waals surface area contributed by atoms with Crippen molar-refractivity contribution < 1.29 is 4.52 Å². The highest BCUT2D eigenvalue weighted by Gasteiger charge is 2.15. The van der Waals surface area contributed by atoms with Crippen molar-refractivity contribution in [3.05, 3.63) is 34.3 Å². The van der Waals surface area contributed by atoms with Gasteiger partial charge >= 0.3 is 0 Å². The highest BCUT2D eigenvalue weighted by Crippen LogP contribution is 2.33. The zero-order valence-electron chi connectivity index (χ0n) is 9.37. The zero-order chi connectivity index (χ0) is 11.8. The molecule has 0 saturated carbocycles. The molecule has 0 bridgehead atoms. The minimum atomic E-state index is 0.328. The van der Waals surface area contributed by atoms with Crippen LogP contribution in [0, 0.1) is 0 Å². The Labute approximate surface area is 105 Å². The molecule has 17 heavy (non-hydrogen) atoms. The van der Waals surface area contributed by atoms with Crippen molar-refractivity contribution in [2.75, 3.05) is 5.73 Å². The molecule has 88 valence electrons. The van der Waals surface area contributed by atoms with E-state index in [9.17, 15) is 0 Å². The van der Waals surface area contributed by atoms with Crippen LogP contribution in [-0.2, 0) is 12.8 Å². The number of hydrogen-bond donors (Lipinski definition) is 1. The molecule has 2 aromatic rings. The number of anilines is 1. The number of nitrogens with zero attached hydrogens (tertiary/aromatic N) is 1. The molecule has 0 fully saturated rings. The van der Waals surface area contributed by atoms with Gasteiger partial charge in [0.1, 0.15) is 5.69 Å². The summed E-state index contributed by atoms with van der Waals surface area (Å²) < 4.78 is 4.89. The van der Waals surface area contributed by atoms with E-state index in [1.165, 1.54) is 24.0 Å². The lowest BCUT2D eigenvalue weighted by molar-refractivity contribution is 0.439. The molecule has 0 saturated heterocycles. The number of nitrogen functional groups attached to an aromatic ring is 1. The van der Waals surface area contributed by atoms with E-state index in [0.29, 0.717) is 5.88 Å². The number of halogens is 1. The normalized spacial score (nSPS) is 14.6. The van der Waals surface area contributed by atoms with Crippen LogP contribution in [0.5, 0.6) is 0 Å². The fourth-order valence-corrected chi connectivity index (χ4v) is 2.72. The Kier molecular flexibility index (Phi) is 2.56. The van der Waals surface area contributed by atoms with E-state index in [1.807, 2.05) is 6.07 Å². The van der Waals surface area contributed by atoms with Gasteiger partial charge in [-0.15, -0.1) is 0 Å². The minimum absolute atomic E-state index is 0.328. The Morgan fingerprint density at radius 3 is 2.76 bits per heavy atom. The van der Waals surface area contributed by atoms with Crippen LogP contribution in [-0.4, -0.2) is 5.16 Å². The first-order chi connectivity index (χ1) is 8.24. The number of nitrogens with two attached hydrogens (primary N) is 1. The molecule has 1 aromatic heterocycles. The molecule has 2 N–H and O–H groups in total. The van der Waals surface area contributed by atoms with Crippen molar-refractivity contribution >= 4 is 17.5 Å². The van der Waals surface area contributed by atoms with Gasteiger partial charge in [0, 0.05) is 16.7 Å². The van der Waals surface area contributed by atoms with Gasteiger partial charge in [-0.05, 0) is 48.9 Å². The first-order valence-electron chi connectivity index (χ1n) is 5.78. The molecule has 0 spiro atoms. The average molecular weight is 249 g/mol. The molecule has 0 radical (unpaired) electrons. The number of fused-ring (bicyclic) bond motifs is 1. The largest absolute Gasteiger partial charge is 0.368 e. The minimum Gasteiger partial charge on any atom is -0.368 e. The second-order valence-corrected chi connectivity index (χ2v) is 4.82. The molecule has 0 amide bonds. The first kappa shape index (κ1) is 10.7. The van der Waals surface area contributed by atoms with Crippen molar-refractivity contribution in [1.82, 2.24) is 5.16 Å². The maximum atomic E-state index is 6.31. The lowest BCUT2D eigenvalue weighted by atomic mass is 9.90. The summed E-state index contributed by atoms with van der Waals surface area (Å²) >= 11 is 6.31. The molecule has 1 aliphatic rings. The summed E-state index contributed by atoms with van der Waals surface area (Å²) in [4.78, 5) is 0. The van der Waals surface area contributed by atoms with Gasteiger partial charge in [-0.3, -0.25) is 0 Å². The molecular formula is C13H13ClN2O. The van der Waals surface area contributed by atoms with Crippen LogP contribution >= 0.6 is 11.6 Å². The molecule has 0 atom stereocenters. The Morgan fingerprint density at radius 2 is 2.00 bits per heavy atom. The number of hydrogen-bond acceptors (Lipinski definition) is 3. The Morgan fingerprint density at radius 1 is 1.18 bits per heavy atom. The van der Waals surface area contributed by atoms with E-state index in [2.05, 4.69) is 11.2 Å². The summed E-state index contributed by atoms with van der Waals surface area (Å²) in [6.07, 6.45) is 4.63. The third-order valence-corrected chi connectivity index (χ3v) is 3.57. The van der Waals surface area contributed by atoms with Crippen molar-refractivity contribution in [1.29, 1.82) is 0 Å². The van der Waals surface area contributed by atoms with E-state index in [1.54, 1.807) is 6.07 Å². The standard InChI is InChI=1S/C13H13ClN2O/c14-11-6-9(12-7-13(15)17-16-12)5-8-3-1-2-4-10(8)11/h5-7H,1-4,15H2. The van der Waals surface area contributed by atoms with Gasteiger partial charge < -0.3 is 10.3 Å². The highest BCUT2D eigenvalue weighted by molar-refractivity contribution is 6.31. The van der Waals surface area contributed by atoms with Gasteiger partial charge in [0.2, 0.25) is 5.88 Å². The fraction of sp³-hybridized carbons (Fsp3) is 0.308. The first-order valence-corrected chi connectivity index (χ1v) is 6.16. The average Bonchev–Trinajstić information content (AvgIpc) is 2.76. The predicted molar refractivity (Wildman–Crippen MR) is 68.0 cm³/mol. The second-order valence-electron chi connectivity index (χ2n) is 4.42. The summed E-state index contributed by atoms with van der Waals surface area (Å²) in [7, 11) is 0. The van der Waals surface area contributed by atoms with E-state index < -0.39 is 0 Å². The van der Waals surface area contributed by atoms with E-state index in [4.69, 9.17) is 21.9 Å². The van der Waals surface area contributed by atoms with Crippen LogP contribution in [0.25, 0.3) is 11.3 Å². The number of aryl methyl sites for hydroxylation is 1. The van der Waals surface area contributed by atoms with Crippen LogP contribution in [0.3, 0.4) is 0 Å². The third kappa shape index (κ3) is 1.91. The number of rotatable bonds is 1. The van der Waals surface area contributed by atoms with Crippen LogP contribution in [0.1, 0.15) is 24.0 Å². The molecule has 1 aromatic carbocycles. The number of benzene rings is 1. The maximum Gasteiger partial charge on any atom is 0.222 e. The summed E-state index contributed by atoms with van der Waals surface area (Å²) in [5, 5.41) is 4.75. The van der Waals surface area contributed by atoms with E-state index >= 15 is 0 Å². The lowest BCUT2D eigenvalue weighted by Gasteiger charge is -2.17. The van der Waals surface area contributed by atoms with Crippen LogP contribution < -0.4 is 5.73 Å². The topological polar surface area (TPSA) is 52.0 Å². The second kappa shape index (κ2) is 4.08. The Hall–Kier alpha value is -1.48. The third-order valence-electron chi connectivity index (χ3n) is 3.23. The van der Waals surface area contributed by atoms with Gasteiger partial charge in [-0.2, -0.15) is 0 Å².